The molecule has 3 nitrogen and oxygen atoms in total. The lowest BCUT2D eigenvalue weighted by Gasteiger charge is -2.06. The lowest BCUT2D eigenvalue weighted by atomic mass is 9.99. The van der Waals surface area contributed by atoms with E-state index >= 15 is 0 Å². The summed E-state index contributed by atoms with van der Waals surface area (Å²) in [5.74, 6) is 0. The number of fused-ring (bicyclic) bond motifs is 1. The Balaban J connectivity index is 2.05. The average Bonchev–Trinajstić information content (AvgIpc) is 2.85. The molecule has 0 saturated heterocycles. The monoisotopic (exact) mass is 251 g/mol. The highest BCUT2D eigenvalue weighted by Gasteiger charge is 2.12. The van der Waals surface area contributed by atoms with Gasteiger partial charge in [-0.2, -0.15) is 0 Å². The Hall–Kier alpha value is -2.42. The van der Waals surface area contributed by atoms with E-state index in [0.29, 0.717) is 5.56 Å². The molecule has 3 rings (SSSR count). The maximum absolute atomic E-state index is 10.8. The summed E-state index contributed by atoms with van der Waals surface area (Å²) in [6, 6.07) is 11.6. The zero-order chi connectivity index (χ0) is 13.4. The van der Waals surface area contributed by atoms with Crippen LogP contribution in [0.4, 0.5) is 5.69 Å². The van der Waals surface area contributed by atoms with Gasteiger partial charge in [-0.05, 0) is 53.8 Å². The summed E-state index contributed by atoms with van der Waals surface area (Å²) in [6.07, 6.45) is 5.27. The minimum atomic E-state index is -0.343. The minimum absolute atomic E-state index is 0.171. The van der Waals surface area contributed by atoms with Crippen LogP contribution in [0.15, 0.2) is 42.5 Å². The van der Waals surface area contributed by atoms with Gasteiger partial charge in [-0.15, -0.1) is 0 Å². The van der Waals surface area contributed by atoms with Crippen LogP contribution < -0.4 is 0 Å². The summed E-state index contributed by atoms with van der Waals surface area (Å²) in [6.45, 7) is 1.77. The van der Waals surface area contributed by atoms with Crippen LogP contribution in [0, 0.1) is 17.0 Å². The van der Waals surface area contributed by atoms with Gasteiger partial charge in [0.15, 0.2) is 0 Å². The van der Waals surface area contributed by atoms with Crippen LogP contribution in [-0.4, -0.2) is 4.92 Å². The molecular weight excluding hydrogens is 238 g/mol. The van der Waals surface area contributed by atoms with Crippen LogP contribution in [0.3, 0.4) is 0 Å². The SMILES string of the molecule is Cc1cc(-c2ccc3c(c2)C=CC3)ccc1[N+](=O)[O-]. The molecule has 1 aliphatic carbocycles. The van der Waals surface area contributed by atoms with Gasteiger partial charge in [0.25, 0.3) is 5.69 Å². The van der Waals surface area contributed by atoms with E-state index in [0.717, 1.165) is 17.5 Å². The van der Waals surface area contributed by atoms with Crippen molar-refractivity contribution in [3.05, 3.63) is 69.3 Å². The van der Waals surface area contributed by atoms with Gasteiger partial charge in [0.2, 0.25) is 0 Å². The number of hydrogen-bond acceptors (Lipinski definition) is 2. The molecule has 0 unspecified atom stereocenters. The molecule has 0 aliphatic heterocycles. The van der Waals surface area contributed by atoms with Crippen molar-refractivity contribution in [3.8, 4) is 11.1 Å². The third kappa shape index (κ3) is 2.03. The Labute approximate surface area is 111 Å². The third-order valence-corrected chi connectivity index (χ3v) is 3.51. The van der Waals surface area contributed by atoms with Crippen molar-refractivity contribution in [3.63, 3.8) is 0 Å². The van der Waals surface area contributed by atoms with Crippen molar-refractivity contribution in [1.82, 2.24) is 0 Å². The number of benzene rings is 2. The molecule has 0 amide bonds. The minimum Gasteiger partial charge on any atom is -0.258 e. The summed E-state index contributed by atoms with van der Waals surface area (Å²) < 4.78 is 0. The summed E-state index contributed by atoms with van der Waals surface area (Å²) >= 11 is 0. The van der Waals surface area contributed by atoms with E-state index < -0.39 is 0 Å². The number of allylic oxidation sites excluding steroid dienone is 1. The lowest BCUT2D eigenvalue weighted by molar-refractivity contribution is -0.385. The summed E-state index contributed by atoms with van der Waals surface area (Å²) in [5, 5.41) is 10.8. The second-order valence-corrected chi connectivity index (χ2v) is 4.78. The summed E-state index contributed by atoms with van der Waals surface area (Å²) in [7, 11) is 0. The van der Waals surface area contributed by atoms with E-state index in [4.69, 9.17) is 0 Å². The van der Waals surface area contributed by atoms with Crippen LogP contribution >= 0.6 is 0 Å². The molecule has 2 aromatic carbocycles. The summed E-state index contributed by atoms with van der Waals surface area (Å²) in [5.41, 5.74) is 5.56. The molecule has 0 N–H and O–H groups in total. The zero-order valence-corrected chi connectivity index (χ0v) is 10.6. The molecule has 0 spiro atoms. The standard InChI is InChI=1S/C16H13NO2/c1-11-9-14(7-8-16(11)17(18)19)15-6-5-12-3-2-4-13(12)10-15/h2,4-10H,3H2,1H3. The normalized spacial score (nSPS) is 12.5. The fraction of sp³-hybridized carbons (Fsp3) is 0.125. The molecule has 0 aromatic heterocycles. The Bertz CT molecular complexity index is 702. The highest BCUT2D eigenvalue weighted by Crippen LogP contribution is 2.29. The zero-order valence-electron chi connectivity index (χ0n) is 10.6. The van der Waals surface area contributed by atoms with E-state index in [1.807, 2.05) is 12.1 Å². The first-order valence-corrected chi connectivity index (χ1v) is 6.20. The van der Waals surface area contributed by atoms with Crippen molar-refractivity contribution in [1.29, 1.82) is 0 Å². The fourth-order valence-corrected chi connectivity index (χ4v) is 2.47. The molecule has 0 radical (unpaired) electrons. The van der Waals surface area contributed by atoms with Gasteiger partial charge in [0.05, 0.1) is 4.92 Å². The van der Waals surface area contributed by atoms with Gasteiger partial charge in [0, 0.05) is 11.6 Å². The molecule has 19 heavy (non-hydrogen) atoms. The molecule has 2 aromatic rings. The lowest BCUT2D eigenvalue weighted by Crippen LogP contribution is -1.92. The van der Waals surface area contributed by atoms with E-state index in [1.165, 1.54) is 11.1 Å². The van der Waals surface area contributed by atoms with Crippen LogP contribution in [0.5, 0.6) is 0 Å². The molecule has 0 bridgehead atoms. The van der Waals surface area contributed by atoms with Crippen molar-refractivity contribution in [2.75, 3.05) is 0 Å². The number of hydrogen-bond donors (Lipinski definition) is 0. The van der Waals surface area contributed by atoms with Gasteiger partial charge < -0.3 is 0 Å². The molecule has 0 heterocycles. The topological polar surface area (TPSA) is 43.1 Å². The van der Waals surface area contributed by atoms with Gasteiger partial charge in [-0.25, -0.2) is 0 Å². The van der Waals surface area contributed by atoms with Gasteiger partial charge in [0.1, 0.15) is 0 Å². The first kappa shape index (κ1) is 11.7. The maximum Gasteiger partial charge on any atom is 0.272 e. The van der Waals surface area contributed by atoms with Gasteiger partial charge in [-0.1, -0.05) is 24.3 Å². The average molecular weight is 251 g/mol. The predicted molar refractivity (Wildman–Crippen MR) is 76.0 cm³/mol. The third-order valence-electron chi connectivity index (χ3n) is 3.51. The van der Waals surface area contributed by atoms with Crippen molar-refractivity contribution in [2.45, 2.75) is 13.3 Å². The number of rotatable bonds is 2. The van der Waals surface area contributed by atoms with Crippen LogP contribution in [-0.2, 0) is 6.42 Å². The largest absolute Gasteiger partial charge is 0.272 e. The quantitative estimate of drug-likeness (QED) is 0.594. The second-order valence-electron chi connectivity index (χ2n) is 4.78. The Morgan fingerprint density at radius 1 is 1.11 bits per heavy atom. The highest BCUT2D eigenvalue weighted by molar-refractivity contribution is 5.72. The number of nitrogens with zero attached hydrogens (tertiary/aromatic N) is 1. The molecule has 0 fully saturated rings. The smallest absolute Gasteiger partial charge is 0.258 e. The first-order chi connectivity index (χ1) is 9.15. The molecule has 3 heteroatoms. The van der Waals surface area contributed by atoms with E-state index in [1.54, 1.807) is 13.0 Å². The maximum atomic E-state index is 10.8. The number of aryl methyl sites for hydroxylation is 1. The Kier molecular flexibility index (Phi) is 2.67. The summed E-state index contributed by atoms with van der Waals surface area (Å²) in [4.78, 5) is 10.5. The van der Waals surface area contributed by atoms with Gasteiger partial charge >= 0.3 is 0 Å². The van der Waals surface area contributed by atoms with Crippen molar-refractivity contribution in [2.24, 2.45) is 0 Å². The highest BCUT2D eigenvalue weighted by atomic mass is 16.6. The van der Waals surface area contributed by atoms with E-state index in [9.17, 15) is 10.1 Å². The van der Waals surface area contributed by atoms with Crippen molar-refractivity contribution < 1.29 is 4.92 Å². The molecule has 0 atom stereocenters. The fourth-order valence-electron chi connectivity index (χ4n) is 2.47. The number of nitro groups is 1. The Morgan fingerprint density at radius 2 is 1.84 bits per heavy atom. The van der Waals surface area contributed by atoms with Gasteiger partial charge in [-0.3, -0.25) is 10.1 Å². The predicted octanol–water partition coefficient (Wildman–Crippen LogP) is 4.14. The second kappa shape index (κ2) is 4.35. The Morgan fingerprint density at radius 3 is 2.58 bits per heavy atom. The van der Waals surface area contributed by atoms with E-state index in [2.05, 4.69) is 30.4 Å². The van der Waals surface area contributed by atoms with E-state index in [-0.39, 0.29) is 10.6 Å². The molecule has 1 aliphatic rings. The number of nitro benzene ring substituents is 1. The molecule has 94 valence electrons. The van der Waals surface area contributed by atoms with Crippen LogP contribution in [0.25, 0.3) is 17.2 Å². The first-order valence-electron chi connectivity index (χ1n) is 6.20. The van der Waals surface area contributed by atoms with Crippen LogP contribution in [0.1, 0.15) is 16.7 Å². The molecule has 0 saturated carbocycles. The molecular formula is C16H13NO2. The van der Waals surface area contributed by atoms with Crippen molar-refractivity contribution >= 4 is 11.8 Å². The van der Waals surface area contributed by atoms with Crippen LogP contribution in [0.2, 0.25) is 0 Å².